The quantitative estimate of drug-likeness (QED) is 0.845. The smallest absolute Gasteiger partial charge is 0.289 e. The van der Waals surface area contributed by atoms with E-state index in [2.05, 4.69) is 19.2 Å². The lowest BCUT2D eigenvalue weighted by Crippen LogP contribution is -2.36. The van der Waals surface area contributed by atoms with Crippen molar-refractivity contribution in [1.82, 2.24) is 10.2 Å². The van der Waals surface area contributed by atoms with Crippen LogP contribution in [0, 0.1) is 17.7 Å². The monoisotopic (exact) mass is 372 g/mol. The molecular weight excluding hydrogens is 347 g/mol. The number of nitrogens with zero attached hydrogens (tertiary/aromatic N) is 1. The molecule has 2 atom stereocenters. The molecule has 1 fully saturated rings. The molecule has 27 heavy (non-hydrogen) atoms. The van der Waals surface area contributed by atoms with Gasteiger partial charge in [0.2, 0.25) is 5.91 Å². The van der Waals surface area contributed by atoms with Crippen LogP contribution in [0.3, 0.4) is 0 Å². The third-order valence-corrected chi connectivity index (χ3v) is 4.99. The highest BCUT2D eigenvalue weighted by molar-refractivity contribution is 5.92. The molecule has 0 bridgehead atoms. The highest BCUT2D eigenvalue weighted by Crippen LogP contribution is 2.34. The average molecular weight is 372 g/mol. The van der Waals surface area contributed by atoms with E-state index in [1.807, 2.05) is 0 Å². The van der Waals surface area contributed by atoms with Crippen molar-refractivity contribution in [3.8, 4) is 0 Å². The number of amides is 2. The van der Waals surface area contributed by atoms with E-state index < -0.39 is 0 Å². The number of hydrogen-bond acceptors (Lipinski definition) is 3. The molecule has 2 unspecified atom stereocenters. The predicted molar refractivity (Wildman–Crippen MR) is 99.7 cm³/mol. The van der Waals surface area contributed by atoms with Crippen LogP contribution in [0.1, 0.15) is 42.3 Å². The molecule has 0 radical (unpaired) electrons. The summed E-state index contributed by atoms with van der Waals surface area (Å²) in [5.74, 6) is -0.417. The molecule has 1 aromatic carbocycles. The van der Waals surface area contributed by atoms with Crippen LogP contribution in [0.2, 0.25) is 0 Å². The molecule has 1 aliphatic heterocycles. The summed E-state index contributed by atoms with van der Waals surface area (Å²) in [6.45, 7) is 5.53. The Morgan fingerprint density at radius 1 is 1.22 bits per heavy atom. The summed E-state index contributed by atoms with van der Waals surface area (Å²) in [5.41, 5.74) is 0.857. The first kappa shape index (κ1) is 19.1. The number of benzene rings is 1. The van der Waals surface area contributed by atoms with Crippen LogP contribution in [-0.4, -0.2) is 36.3 Å². The fourth-order valence-electron chi connectivity index (χ4n) is 3.45. The maximum absolute atomic E-state index is 13.3. The Hall–Kier alpha value is -2.63. The largest absolute Gasteiger partial charge is 0.459 e. The molecule has 1 aliphatic rings. The van der Waals surface area contributed by atoms with Gasteiger partial charge in [0.05, 0.1) is 12.2 Å². The van der Waals surface area contributed by atoms with Gasteiger partial charge in [0.15, 0.2) is 5.76 Å². The van der Waals surface area contributed by atoms with Gasteiger partial charge in [0.25, 0.3) is 5.91 Å². The number of carbonyl (C=O) groups is 2. The second kappa shape index (κ2) is 8.37. The fourth-order valence-corrected chi connectivity index (χ4v) is 3.45. The summed E-state index contributed by atoms with van der Waals surface area (Å²) in [6.07, 6.45) is 2.35. The van der Waals surface area contributed by atoms with E-state index in [-0.39, 0.29) is 35.2 Å². The van der Waals surface area contributed by atoms with Gasteiger partial charge in [0, 0.05) is 25.6 Å². The van der Waals surface area contributed by atoms with Crippen LogP contribution < -0.4 is 5.32 Å². The van der Waals surface area contributed by atoms with Crippen molar-refractivity contribution >= 4 is 11.8 Å². The van der Waals surface area contributed by atoms with Crippen LogP contribution in [0.15, 0.2) is 47.1 Å². The lowest BCUT2D eigenvalue weighted by atomic mass is 9.88. The third-order valence-electron chi connectivity index (χ3n) is 4.99. The summed E-state index contributed by atoms with van der Waals surface area (Å²) >= 11 is 0. The van der Waals surface area contributed by atoms with Gasteiger partial charge in [-0.1, -0.05) is 26.0 Å². The highest BCUT2D eigenvalue weighted by atomic mass is 19.1. The first-order chi connectivity index (χ1) is 13.0. The van der Waals surface area contributed by atoms with Crippen LogP contribution in [-0.2, 0) is 4.79 Å². The molecule has 1 N–H and O–H groups in total. The zero-order valence-electron chi connectivity index (χ0n) is 15.7. The number of hydrogen-bond donors (Lipinski definition) is 1. The summed E-state index contributed by atoms with van der Waals surface area (Å²) in [5, 5.41) is 2.99. The van der Waals surface area contributed by atoms with Crippen molar-refractivity contribution in [3.05, 3.63) is 59.8 Å². The number of halogens is 1. The molecular formula is C21H25FN2O3. The van der Waals surface area contributed by atoms with Gasteiger partial charge >= 0.3 is 0 Å². The highest BCUT2D eigenvalue weighted by Gasteiger charge is 2.41. The van der Waals surface area contributed by atoms with Gasteiger partial charge in [-0.05, 0) is 42.2 Å². The lowest BCUT2D eigenvalue weighted by molar-refractivity contribution is -0.124. The zero-order valence-corrected chi connectivity index (χ0v) is 15.7. The van der Waals surface area contributed by atoms with Gasteiger partial charge in [-0.25, -0.2) is 4.39 Å². The second-order valence-electron chi connectivity index (χ2n) is 7.43. The van der Waals surface area contributed by atoms with Crippen molar-refractivity contribution in [2.24, 2.45) is 11.8 Å². The van der Waals surface area contributed by atoms with Crippen LogP contribution in [0.25, 0.3) is 0 Å². The molecule has 2 aromatic rings. The molecule has 1 aromatic heterocycles. The SMILES string of the molecule is CC(C)CCNC(=O)C1CN(C(=O)c2ccco2)CC1c1ccc(F)cc1. The van der Waals surface area contributed by atoms with Crippen molar-refractivity contribution in [3.63, 3.8) is 0 Å². The topological polar surface area (TPSA) is 62.6 Å². The van der Waals surface area contributed by atoms with Crippen molar-refractivity contribution in [1.29, 1.82) is 0 Å². The molecule has 2 amide bonds. The van der Waals surface area contributed by atoms with Crippen molar-refractivity contribution < 1.29 is 18.4 Å². The normalized spacial score (nSPS) is 19.5. The van der Waals surface area contributed by atoms with Crippen molar-refractivity contribution in [2.75, 3.05) is 19.6 Å². The van der Waals surface area contributed by atoms with Gasteiger partial charge in [-0.3, -0.25) is 9.59 Å². The molecule has 0 spiro atoms. The molecule has 5 nitrogen and oxygen atoms in total. The molecule has 3 rings (SSSR count). The van der Waals surface area contributed by atoms with E-state index in [0.717, 1.165) is 12.0 Å². The van der Waals surface area contributed by atoms with E-state index in [1.54, 1.807) is 29.2 Å². The molecule has 0 saturated carbocycles. The Morgan fingerprint density at radius 2 is 1.96 bits per heavy atom. The maximum atomic E-state index is 13.3. The number of rotatable bonds is 6. The average Bonchev–Trinajstić information content (AvgIpc) is 3.31. The zero-order chi connectivity index (χ0) is 19.4. The molecule has 1 saturated heterocycles. The lowest BCUT2D eigenvalue weighted by Gasteiger charge is -2.18. The Bertz CT molecular complexity index is 771. The number of nitrogens with one attached hydrogen (secondary N) is 1. The standard InChI is InChI=1S/C21H25FN2O3/c1-14(2)9-10-23-20(25)18-13-24(21(26)19-4-3-11-27-19)12-17(18)15-5-7-16(22)8-6-15/h3-8,11,14,17-18H,9-10,12-13H2,1-2H3,(H,23,25). The summed E-state index contributed by atoms with van der Waals surface area (Å²) in [4.78, 5) is 27.1. The van der Waals surface area contributed by atoms with E-state index >= 15 is 0 Å². The summed E-state index contributed by atoms with van der Waals surface area (Å²) in [7, 11) is 0. The number of likely N-dealkylation sites (tertiary alicyclic amines) is 1. The molecule has 0 aliphatic carbocycles. The van der Waals surface area contributed by atoms with E-state index in [9.17, 15) is 14.0 Å². The predicted octanol–water partition coefficient (Wildman–Crippen LogP) is 3.44. The Balaban J connectivity index is 1.77. The van der Waals surface area contributed by atoms with E-state index in [4.69, 9.17) is 4.42 Å². The fraction of sp³-hybridized carbons (Fsp3) is 0.429. The summed E-state index contributed by atoms with van der Waals surface area (Å²) in [6, 6.07) is 9.44. The van der Waals surface area contributed by atoms with Crippen molar-refractivity contribution in [2.45, 2.75) is 26.2 Å². The number of carbonyl (C=O) groups excluding carboxylic acids is 2. The first-order valence-corrected chi connectivity index (χ1v) is 9.31. The van der Waals surface area contributed by atoms with Crippen LogP contribution >= 0.6 is 0 Å². The maximum Gasteiger partial charge on any atom is 0.289 e. The van der Waals surface area contributed by atoms with Crippen LogP contribution in [0.4, 0.5) is 4.39 Å². The van der Waals surface area contributed by atoms with Gasteiger partial charge in [-0.15, -0.1) is 0 Å². The Labute approximate surface area is 158 Å². The Morgan fingerprint density at radius 3 is 2.59 bits per heavy atom. The van der Waals surface area contributed by atoms with E-state index in [1.165, 1.54) is 18.4 Å². The van der Waals surface area contributed by atoms with Gasteiger partial charge in [-0.2, -0.15) is 0 Å². The number of furan rings is 1. The first-order valence-electron chi connectivity index (χ1n) is 9.31. The van der Waals surface area contributed by atoms with E-state index in [0.29, 0.717) is 25.6 Å². The minimum Gasteiger partial charge on any atom is -0.459 e. The minimum atomic E-state index is -0.374. The molecule has 2 heterocycles. The van der Waals surface area contributed by atoms with Crippen LogP contribution in [0.5, 0.6) is 0 Å². The minimum absolute atomic E-state index is 0.0697. The second-order valence-corrected chi connectivity index (χ2v) is 7.43. The van der Waals surface area contributed by atoms with Gasteiger partial charge in [0.1, 0.15) is 5.82 Å². The third kappa shape index (κ3) is 4.56. The van der Waals surface area contributed by atoms with Gasteiger partial charge < -0.3 is 14.6 Å². The molecule has 144 valence electrons. The molecule has 6 heteroatoms. The summed E-state index contributed by atoms with van der Waals surface area (Å²) < 4.78 is 18.5. The Kier molecular flexibility index (Phi) is 5.94.